The first-order valence-electron chi connectivity index (χ1n) is 7.01. The number of hydrogen-bond acceptors (Lipinski definition) is 3. The van der Waals surface area contributed by atoms with Crippen LogP contribution in [0.15, 0.2) is 36.2 Å². The normalized spacial score (nSPS) is 16.6. The van der Waals surface area contributed by atoms with Crippen LogP contribution in [0.2, 0.25) is 0 Å². The van der Waals surface area contributed by atoms with Crippen molar-refractivity contribution in [3.63, 3.8) is 0 Å². The fraction of sp³-hybridized carbons (Fsp3) is 0.188. The molecule has 2 heterocycles. The SMILES string of the molecule is CCC(=O)n1cc(/C=C2\C(=O)NC(=N)N2C)c2ccccc21. The summed E-state index contributed by atoms with van der Waals surface area (Å²) in [6, 6.07) is 7.57. The van der Waals surface area contributed by atoms with Crippen molar-refractivity contribution in [1.82, 2.24) is 14.8 Å². The third-order valence-electron chi connectivity index (χ3n) is 3.77. The van der Waals surface area contributed by atoms with Crippen molar-refractivity contribution in [2.45, 2.75) is 13.3 Å². The predicted molar refractivity (Wildman–Crippen MR) is 84.5 cm³/mol. The topological polar surface area (TPSA) is 78.2 Å². The highest BCUT2D eigenvalue weighted by Crippen LogP contribution is 2.25. The predicted octanol–water partition coefficient (Wildman–Crippen LogP) is 2.03. The zero-order valence-electron chi connectivity index (χ0n) is 12.4. The number of hydrogen-bond donors (Lipinski definition) is 2. The molecule has 22 heavy (non-hydrogen) atoms. The summed E-state index contributed by atoms with van der Waals surface area (Å²) in [4.78, 5) is 25.5. The Morgan fingerprint density at radius 2 is 2.09 bits per heavy atom. The Morgan fingerprint density at radius 3 is 2.73 bits per heavy atom. The standard InChI is InChI=1S/C16H16N4O2/c1-3-14(21)20-9-10(11-6-4-5-7-12(11)20)8-13-15(22)18-16(17)19(13)2/h4-9H,3H2,1-2H3,(H2,17,18,22)/b13-8+. The number of nitrogens with one attached hydrogen (secondary N) is 2. The fourth-order valence-electron chi connectivity index (χ4n) is 2.54. The molecule has 6 nitrogen and oxygen atoms in total. The lowest BCUT2D eigenvalue weighted by Crippen LogP contribution is -2.25. The van der Waals surface area contributed by atoms with Crippen molar-refractivity contribution < 1.29 is 9.59 Å². The van der Waals surface area contributed by atoms with E-state index in [-0.39, 0.29) is 17.8 Å². The lowest BCUT2D eigenvalue weighted by Gasteiger charge is -2.08. The zero-order valence-corrected chi connectivity index (χ0v) is 12.4. The number of carbonyl (C=O) groups excluding carboxylic acids is 2. The summed E-state index contributed by atoms with van der Waals surface area (Å²) < 4.78 is 1.61. The van der Waals surface area contributed by atoms with Crippen molar-refractivity contribution in [3.8, 4) is 0 Å². The molecule has 3 rings (SSSR count). The van der Waals surface area contributed by atoms with E-state index in [2.05, 4.69) is 5.32 Å². The van der Waals surface area contributed by atoms with Gasteiger partial charge >= 0.3 is 0 Å². The van der Waals surface area contributed by atoms with Crippen molar-refractivity contribution in [2.75, 3.05) is 7.05 Å². The molecule has 1 aliphatic rings. The van der Waals surface area contributed by atoms with Crippen LogP contribution >= 0.6 is 0 Å². The Balaban J connectivity index is 2.18. The van der Waals surface area contributed by atoms with Crippen LogP contribution < -0.4 is 5.32 Å². The van der Waals surface area contributed by atoms with Crippen molar-refractivity contribution >= 4 is 34.8 Å². The van der Waals surface area contributed by atoms with Crippen LogP contribution in [-0.2, 0) is 4.79 Å². The van der Waals surface area contributed by atoms with Gasteiger partial charge in [0.1, 0.15) is 5.70 Å². The first-order valence-corrected chi connectivity index (χ1v) is 7.01. The van der Waals surface area contributed by atoms with Crippen molar-refractivity contribution in [3.05, 3.63) is 41.7 Å². The number of aromatic nitrogens is 1. The number of amides is 1. The number of carbonyl (C=O) groups is 2. The minimum Gasteiger partial charge on any atom is -0.311 e. The molecular weight excluding hydrogens is 280 g/mol. The third kappa shape index (κ3) is 2.09. The van der Waals surface area contributed by atoms with Gasteiger partial charge in [-0.2, -0.15) is 0 Å². The van der Waals surface area contributed by atoms with Crippen LogP contribution in [0.3, 0.4) is 0 Å². The molecule has 1 aliphatic heterocycles. The van der Waals surface area contributed by atoms with Gasteiger partial charge in [-0.1, -0.05) is 25.1 Å². The van der Waals surface area contributed by atoms with E-state index >= 15 is 0 Å². The lowest BCUT2D eigenvalue weighted by atomic mass is 10.1. The molecule has 1 amide bonds. The summed E-state index contributed by atoms with van der Waals surface area (Å²) >= 11 is 0. The first-order chi connectivity index (χ1) is 10.5. The maximum Gasteiger partial charge on any atom is 0.274 e. The maximum atomic E-state index is 12.1. The van der Waals surface area contributed by atoms with E-state index in [0.29, 0.717) is 12.1 Å². The lowest BCUT2D eigenvalue weighted by molar-refractivity contribution is -0.115. The molecule has 2 N–H and O–H groups in total. The Hall–Kier alpha value is -2.89. The number of benzene rings is 1. The molecule has 1 fully saturated rings. The second-order valence-corrected chi connectivity index (χ2v) is 5.11. The van der Waals surface area contributed by atoms with Crippen LogP contribution in [0.1, 0.15) is 23.7 Å². The van der Waals surface area contributed by atoms with Gasteiger partial charge in [-0.05, 0) is 12.1 Å². The molecule has 112 valence electrons. The first kappa shape index (κ1) is 14.1. The van der Waals surface area contributed by atoms with E-state index < -0.39 is 0 Å². The Labute approximate surface area is 127 Å². The summed E-state index contributed by atoms with van der Waals surface area (Å²) in [5, 5.41) is 11.0. The number of rotatable bonds is 2. The molecule has 0 aliphatic carbocycles. The molecule has 0 saturated carbocycles. The largest absolute Gasteiger partial charge is 0.311 e. The molecule has 2 aromatic rings. The van der Waals surface area contributed by atoms with Gasteiger partial charge in [-0.15, -0.1) is 0 Å². The summed E-state index contributed by atoms with van der Waals surface area (Å²) in [6.45, 7) is 1.81. The summed E-state index contributed by atoms with van der Waals surface area (Å²) in [7, 11) is 1.66. The average Bonchev–Trinajstić information content (AvgIpc) is 3.00. The van der Waals surface area contributed by atoms with Gasteiger partial charge in [0.05, 0.1) is 5.52 Å². The van der Waals surface area contributed by atoms with Gasteiger partial charge in [-0.3, -0.25) is 24.9 Å². The van der Waals surface area contributed by atoms with Gasteiger partial charge in [0.2, 0.25) is 11.9 Å². The van der Waals surface area contributed by atoms with Gasteiger partial charge in [0.25, 0.3) is 5.91 Å². The van der Waals surface area contributed by atoms with E-state index in [1.54, 1.807) is 23.9 Å². The van der Waals surface area contributed by atoms with Crippen LogP contribution in [-0.4, -0.2) is 34.3 Å². The monoisotopic (exact) mass is 296 g/mol. The number of likely N-dealkylation sites (N-methyl/N-ethyl adjacent to an activating group) is 1. The average molecular weight is 296 g/mol. The molecule has 6 heteroatoms. The van der Waals surface area contributed by atoms with Gasteiger partial charge in [-0.25, -0.2) is 0 Å². The smallest absolute Gasteiger partial charge is 0.274 e. The highest BCUT2D eigenvalue weighted by Gasteiger charge is 2.27. The molecule has 1 saturated heterocycles. The highest BCUT2D eigenvalue weighted by atomic mass is 16.2. The quantitative estimate of drug-likeness (QED) is 0.832. The second kappa shape index (κ2) is 5.14. The zero-order chi connectivity index (χ0) is 15.9. The van der Waals surface area contributed by atoms with Gasteiger partial charge < -0.3 is 4.90 Å². The Morgan fingerprint density at radius 1 is 1.36 bits per heavy atom. The fourth-order valence-corrected chi connectivity index (χ4v) is 2.54. The van der Waals surface area contributed by atoms with Gasteiger partial charge in [0, 0.05) is 30.6 Å². The van der Waals surface area contributed by atoms with E-state index in [1.165, 1.54) is 4.90 Å². The molecule has 1 aromatic carbocycles. The van der Waals surface area contributed by atoms with E-state index in [0.717, 1.165) is 16.5 Å². The third-order valence-corrected chi connectivity index (χ3v) is 3.77. The second-order valence-electron chi connectivity index (χ2n) is 5.11. The molecule has 0 radical (unpaired) electrons. The number of para-hydroxylation sites is 1. The Kier molecular flexibility index (Phi) is 3.29. The van der Waals surface area contributed by atoms with Crippen molar-refractivity contribution in [1.29, 1.82) is 5.41 Å². The highest BCUT2D eigenvalue weighted by molar-refractivity contribution is 6.15. The minimum atomic E-state index is -0.314. The van der Waals surface area contributed by atoms with Crippen LogP contribution in [0.25, 0.3) is 17.0 Å². The molecule has 0 bridgehead atoms. The summed E-state index contributed by atoms with van der Waals surface area (Å²) in [5.74, 6) is -0.270. The summed E-state index contributed by atoms with van der Waals surface area (Å²) in [5.41, 5.74) is 1.98. The van der Waals surface area contributed by atoms with Crippen LogP contribution in [0.4, 0.5) is 0 Å². The van der Waals surface area contributed by atoms with Gasteiger partial charge in [0.15, 0.2) is 0 Å². The van der Waals surface area contributed by atoms with E-state index in [4.69, 9.17) is 5.41 Å². The van der Waals surface area contributed by atoms with E-state index in [9.17, 15) is 9.59 Å². The molecule has 0 atom stereocenters. The maximum absolute atomic E-state index is 12.1. The number of nitrogens with zero attached hydrogens (tertiary/aromatic N) is 2. The Bertz CT molecular complexity index is 832. The molecule has 0 spiro atoms. The summed E-state index contributed by atoms with van der Waals surface area (Å²) in [6.07, 6.45) is 3.85. The number of fused-ring (bicyclic) bond motifs is 1. The molecule has 0 unspecified atom stereocenters. The molecular formula is C16H16N4O2. The molecule has 1 aromatic heterocycles. The van der Waals surface area contributed by atoms with Crippen LogP contribution in [0, 0.1) is 5.41 Å². The van der Waals surface area contributed by atoms with Crippen molar-refractivity contribution in [2.24, 2.45) is 0 Å². The van der Waals surface area contributed by atoms with E-state index in [1.807, 2.05) is 31.2 Å². The van der Waals surface area contributed by atoms with Crippen LogP contribution in [0.5, 0.6) is 0 Å². The number of guanidine groups is 1. The minimum absolute atomic E-state index is 0.00202.